The molecule has 0 atom stereocenters. The number of aromatic nitrogens is 2. The summed E-state index contributed by atoms with van der Waals surface area (Å²) in [5, 5.41) is 13.3. The number of phenols is 1. The molecule has 7 nitrogen and oxygen atoms in total. The topological polar surface area (TPSA) is 103 Å². The SMILES string of the molecule is COc1ccc(-c2nc(CS(C)(=O)=O)no2)c(O)c1. The van der Waals surface area contributed by atoms with E-state index in [1.807, 2.05) is 0 Å². The summed E-state index contributed by atoms with van der Waals surface area (Å²) < 4.78 is 32.1. The summed E-state index contributed by atoms with van der Waals surface area (Å²) in [6.45, 7) is 0. The lowest BCUT2D eigenvalue weighted by Gasteiger charge is -2.02. The predicted octanol–water partition coefficient (Wildman–Crippen LogP) is 0.995. The highest BCUT2D eigenvalue weighted by molar-refractivity contribution is 7.89. The number of hydrogen-bond acceptors (Lipinski definition) is 7. The van der Waals surface area contributed by atoms with Crippen molar-refractivity contribution in [2.75, 3.05) is 13.4 Å². The smallest absolute Gasteiger partial charge is 0.261 e. The minimum absolute atomic E-state index is 0.0488. The van der Waals surface area contributed by atoms with Crippen LogP contribution in [0, 0.1) is 0 Å². The Morgan fingerprint density at radius 2 is 2.16 bits per heavy atom. The Labute approximate surface area is 109 Å². The molecule has 1 N–H and O–H groups in total. The first kappa shape index (κ1) is 13.3. The molecule has 1 aromatic carbocycles. The van der Waals surface area contributed by atoms with Crippen molar-refractivity contribution in [3.05, 3.63) is 24.0 Å². The second kappa shape index (κ2) is 4.88. The first-order chi connectivity index (χ1) is 8.89. The van der Waals surface area contributed by atoms with Crippen molar-refractivity contribution in [3.8, 4) is 23.0 Å². The van der Waals surface area contributed by atoms with E-state index in [9.17, 15) is 13.5 Å². The Hall–Kier alpha value is -2.09. The third-order valence-corrected chi connectivity index (χ3v) is 3.08. The fraction of sp³-hybridized carbons (Fsp3) is 0.273. The monoisotopic (exact) mass is 284 g/mol. The van der Waals surface area contributed by atoms with Gasteiger partial charge in [-0.3, -0.25) is 0 Å². The fourth-order valence-electron chi connectivity index (χ4n) is 1.48. The normalized spacial score (nSPS) is 11.5. The number of aromatic hydroxyl groups is 1. The van der Waals surface area contributed by atoms with Crippen LogP contribution in [0.1, 0.15) is 5.82 Å². The molecule has 19 heavy (non-hydrogen) atoms. The molecule has 0 radical (unpaired) electrons. The van der Waals surface area contributed by atoms with Crippen LogP contribution in [-0.2, 0) is 15.6 Å². The van der Waals surface area contributed by atoms with E-state index in [0.717, 1.165) is 6.26 Å². The van der Waals surface area contributed by atoms with Gasteiger partial charge in [0.1, 0.15) is 17.3 Å². The molecule has 2 aromatic rings. The summed E-state index contributed by atoms with van der Waals surface area (Å²) in [6, 6.07) is 4.57. The third kappa shape index (κ3) is 3.22. The van der Waals surface area contributed by atoms with Crippen LogP contribution in [0.5, 0.6) is 11.5 Å². The van der Waals surface area contributed by atoms with E-state index in [2.05, 4.69) is 10.1 Å². The van der Waals surface area contributed by atoms with Crippen LogP contribution in [0.2, 0.25) is 0 Å². The lowest BCUT2D eigenvalue weighted by atomic mass is 10.2. The number of nitrogens with zero attached hydrogens (tertiary/aromatic N) is 2. The second-order valence-electron chi connectivity index (χ2n) is 3.97. The Morgan fingerprint density at radius 3 is 2.74 bits per heavy atom. The van der Waals surface area contributed by atoms with Crippen molar-refractivity contribution < 1.29 is 22.8 Å². The summed E-state index contributed by atoms with van der Waals surface area (Å²) in [5.74, 6) is 0.186. The van der Waals surface area contributed by atoms with Gasteiger partial charge in [-0.25, -0.2) is 8.42 Å². The number of benzene rings is 1. The minimum Gasteiger partial charge on any atom is -0.507 e. The van der Waals surface area contributed by atoms with Gasteiger partial charge in [0.15, 0.2) is 15.7 Å². The van der Waals surface area contributed by atoms with Crippen LogP contribution in [0.4, 0.5) is 0 Å². The molecule has 1 heterocycles. The van der Waals surface area contributed by atoms with E-state index in [0.29, 0.717) is 11.3 Å². The Morgan fingerprint density at radius 1 is 1.42 bits per heavy atom. The number of ether oxygens (including phenoxy) is 1. The van der Waals surface area contributed by atoms with E-state index >= 15 is 0 Å². The van der Waals surface area contributed by atoms with E-state index < -0.39 is 9.84 Å². The van der Waals surface area contributed by atoms with Crippen LogP contribution in [0.3, 0.4) is 0 Å². The standard InChI is InChI=1S/C11H12N2O5S/c1-17-7-3-4-8(9(14)5-7)11-12-10(13-18-11)6-19(2,15)16/h3-5,14H,6H2,1-2H3. The van der Waals surface area contributed by atoms with Crippen molar-refractivity contribution in [2.45, 2.75) is 5.75 Å². The fourth-order valence-corrected chi connectivity index (χ4v) is 2.06. The molecule has 0 spiro atoms. The Balaban J connectivity index is 2.33. The molecule has 0 amide bonds. The van der Waals surface area contributed by atoms with Crippen molar-refractivity contribution in [3.63, 3.8) is 0 Å². The van der Waals surface area contributed by atoms with E-state index in [4.69, 9.17) is 9.26 Å². The van der Waals surface area contributed by atoms with Gasteiger partial charge >= 0.3 is 0 Å². The molecular weight excluding hydrogens is 272 g/mol. The molecule has 0 saturated carbocycles. The van der Waals surface area contributed by atoms with Crippen molar-refractivity contribution in [1.82, 2.24) is 10.1 Å². The highest BCUT2D eigenvalue weighted by Crippen LogP contribution is 2.31. The molecule has 0 aliphatic rings. The van der Waals surface area contributed by atoms with Crippen LogP contribution in [0.15, 0.2) is 22.7 Å². The average molecular weight is 284 g/mol. The van der Waals surface area contributed by atoms with Crippen LogP contribution < -0.4 is 4.74 Å². The molecule has 0 fully saturated rings. The number of hydrogen-bond donors (Lipinski definition) is 1. The molecule has 8 heteroatoms. The largest absolute Gasteiger partial charge is 0.507 e. The van der Waals surface area contributed by atoms with Crippen LogP contribution in [-0.4, -0.2) is 37.0 Å². The van der Waals surface area contributed by atoms with Gasteiger partial charge in [0.2, 0.25) is 0 Å². The highest BCUT2D eigenvalue weighted by atomic mass is 32.2. The van der Waals surface area contributed by atoms with Gasteiger partial charge in [-0.1, -0.05) is 5.16 Å². The van der Waals surface area contributed by atoms with E-state index in [1.165, 1.54) is 13.2 Å². The molecule has 1 aromatic heterocycles. The second-order valence-corrected chi connectivity index (χ2v) is 6.11. The maximum atomic E-state index is 11.1. The zero-order chi connectivity index (χ0) is 14.0. The number of phenolic OH excluding ortho intramolecular Hbond substituents is 1. The molecule has 0 bridgehead atoms. The van der Waals surface area contributed by atoms with Crippen molar-refractivity contribution in [1.29, 1.82) is 0 Å². The maximum Gasteiger partial charge on any atom is 0.261 e. The van der Waals surface area contributed by atoms with Crippen LogP contribution in [0.25, 0.3) is 11.5 Å². The molecule has 102 valence electrons. The first-order valence-electron chi connectivity index (χ1n) is 5.27. The Bertz CT molecular complexity index is 693. The average Bonchev–Trinajstić information content (AvgIpc) is 2.74. The number of sulfone groups is 1. The molecule has 2 rings (SSSR count). The van der Waals surface area contributed by atoms with Gasteiger partial charge in [0.05, 0.1) is 12.7 Å². The van der Waals surface area contributed by atoms with Gasteiger partial charge in [-0.15, -0.1) is 0 Å². The Kier molecular flexibility index (Phi) is 3.43. The minimum atomic E-state index is -3.23. The number of rotatable bonds is 4. The maximum absolute atomic E-state index is 11.1. The third-order valence-electron chi connectivity index (χ3n) is 2.29. The molecule has 0 aliphatic heterocycles. The lowest BCUT2D eigenvalue weighted by molar-refractivity contribution is 0.404. The van der Waals surface area contributed by atoms with Gasteiger partial charge in [-0.05, 0) is 12.1 Å². The zero-order valence-corrected chi connectivity index (χ0v) is 11.1. The zero-order valence-electron chi connectivity index (χ0n) is 10.3. The first-order valence-corrected chi connectivity index (χ1v) is 7.33. The van der Waals surface area contributed by atoms with Crippen molar-refractivity contribution >= 4 is 9.84 Å². The molecular formula is C11H12N2O5S. The van der Waals surface area contributed by atoms with Gasteiger partial charge in [-0.2, -0.15) is 4.98 Å². The summed E-state index contributed by atoms with van der Waals surface area (Å²) in [4.78, 5) is 3.92. The summed E-state index contributed by atoms with van der Waals surface area (Å²) in [6.07, 6.45) is 1.08. The summed E-state index contributed by atoms with van der Waals surface area (Å²) >= 11 is 0. The van der Waals surface area contributed by atoms with Crippen molar-refractivity contribution in [2.24, 2.45) is 0 Å². The summed E-state index contributed by atoms with van der Waals surface area (Å²) in [5.41, 5.74) is 0.313. The highest BCUT2D eigenvalue weighted by Gasteiger charge is 2.16. The van der Waals surface area contributed by atoms with Gasteiger partial charge in [0, 0.05) is 12.3 Å². The lowest BCUT2D eigenvalue weighted by Crippen LogP contribution is -2.02. The van der Waals surface area contributed by atoms with Gasteiger partial charge in [0.25, 0.3) is 5.89 Å². The number of methoxy groups -OCH3 is 1. The molecule has 0 unspecified atom stereocenters. The van der Waals surface area contributed by atoms with Crippen LogP contribution >= 0.6 is 0 Å². The van der Waals surface area contributed by atoms with Gasteiger partial charge < -0.3 is 14.4 Å². The molecule has 0 aliphatic carbocycles. The predicted molar refractivity (Wildman–Crippen MR) is 66.5 cm³/mol. The van der Waals surface area contributed by atoms with E-state index in [1.54, 1.807) is 12.1 Å². The molecule has 0 saturated heterocycles. The quantitative estimate of drug-likeness (QED) is 0.893. The summed E-state index contributed by atoms with van der Waals surface area (Å²) in [7, 11) is -1.76. The van der Waals surface area contributed by atoms with E-state index in [-0.39, 0.29) is 23.2 Å².